The van der Waals surface area contributed by atoms with Crippen LogP contribution in [0.4, 0.5) is 0 Å². The fraction of sp³-hybridized carbons (Fsp3) is 0.900. The van der Waals surface area contributed by atoms with Gasteiger partial charge in [-0.15, -0.1) is 0 Å². The normalized spacial score (nSPS) is 18.7. The first kappa shape index (κ1) is 20.7. The molecule has 1 unspecified atom stereocenters. The molecule has 0 bridgehead atoms. The highest BCUT2D eigenvalue weighted by molar-refractivity contribution is 4.91. The van der Waals surface area contributed by atoms with Gasteiger partial charge in [0.15, 0.2) is 5.79 Å². The smallest absolute Gasteiger partial charge is 0.195 e. The summed E-state index contributed by atoms with van der Waals surface area (Å²) in [5.41, 5.74) is 0. The van der Waals surface area contributed by atoms with Crippen LogP contribution in [0.2, 0.25) is 0 Å². The number of unbranched alkanes of at least 4 members (excludes halogenated alkanes) is 5. The molecule has 1 aliphatic heterocycles. The van der Waals surface area contributed by atoms with E-state index in [9.17, 15) is 0 Å². The number of hydrogen-bond donors (Lipinski definition) is 0. The van der Waals surface area contributed by atoms with Crippen LogP contribution in [0.1, 0.15) is 85.0 Å². The summed E-state index contributed by atoms with van der Waals surface area (Å²) in [4.78, 5) is 0. The molecule has 0 fully saturated rings. The van der Waals surface area contributed by atoms with Crippen LogP contribution in [0, 0.1) is 0 Å². The largest absolute Gasteiger partial charge is 0.373 e. The summed E-state index contributed by atoms with van der Waals surface area (Å²) in [5.74, 6) is -0.556. The SMILES string of the molecule is CCCCCCC(OCCCC)C1(CCCC)OCC=CCO1. The Hall–Kier alpha value is -0.380. The van der Waals surface area contributed by atoms with Crippen molar-refractivity contribution in [2.45, 2.75) is 96.9 Å². The predicted molar refractivity (Wildman–Crippen MR) is 96.7 cm³/mol. The third kappa shape index (κ3) is 7.82. The van der Waals surface area contributed by atoms with Crippen molar-refractivity contribution in [3.63, 3.8) is 0 Å². The highest BCUT2D eigenvalue weighted by Gasteiger charge is 2.41. The quantitative estimate of drug-likeness (QED) is 0.324. The molecule has 1 aliphatic rings. The molecule has 0 N–H and O–H groups in total. The van der Waals surface area contributed by atoms with Crippen molar-refractivity contribution >= 4 is 0 Å². The van der Waals surface area contributed by atoms with Crippen molar-refractivity contribution in [2.24, 2.45) is 0 Å². The van der Waals surface area contributed by atoms with Gasteiger partial charge in [-0.05, 0) is 19.3 Å². The Labute approximate surface area is 143 Å². The summed E-state index contributed by atoms with van der Waals surface area (Å²) in [6.45, 7) is 8.74. The molecule has 0 spiro atoms. The molecule has 3 heteroatoms. The number of ether oxygens (including phenoxy) is 3. The predicted octanol–water partition coefficient (Wildman–Crippen LogP) is 5.63. The van der Waals surface area contributed by atoms with E-state index in [2.05, 4.69) is 32.9 Å². The van der Waals surface area contributed by atoms with E-state index in [0.29, 0.717) is 13.2 Å². The minimum Gasteiger partial charge on any atom is -0.373 e. The van der Waals surface area contributed by atoms with E-state index >= 15 is 0 Å². The molecule has 0 aromatic heterocycles. The van der Waals surface area contributed by atoms with Gasteiger partial charge in [-0.25, -0.2) is 0 Å². The van der Waals surface area contributed by atoms with E-state index in [-0.39, 0.29) is 6.10 Å². The monoisotopic (exact) mass is 326 g/mol. The standard InChI is InChI=1S/C20H38O3/c1-4-7-10-11-14-19(21-16-9-6-3)20(15-8-5-2)22-17-12-13-18-23-20/h12-13,19H,4-11,14-18H2,1-3H3. The number of hydrogen-bond acceptors (Lipinski definition) is 3. The first-order valence-corrected chi connectivity index (χ1v) is 9.83. The first-order chi connectivity index (χ1) is 11.3. The van der Waals surface area contributed by atoms with E-state index < -0.39 is 5.79 Å². The topological polar surface area (TPSA) is 27.7 Å². The van der Waals surface area contributed by atoms with Gasteiger partial charge in [-0.1, -0.05) is 71.4 Å². The average molecular weight is 327 g/mol. The minimum absolute atomic E-state index is 0.0531. The zero-order chi connectivity index (χ0) is 16.8. The summed E-state index contributed by atoms with van der Waals surface area (Å²) in [7, 11) is 0. The average Bonchev–Trinajstić information content (AvgIpc) is 2.82. The second-order valence-corrected chi connectivity index (χ2v) is 6.57. The Bertz CT molecular complexity index is 291. The van der Waals surface area contributed by atoms with E-state index in [1.54, 1.807) is 0 Å². The fourth-order valence-electron chi connectivity index (χ4n) is 3.03. The van der Waals surface area contributed by atoms with Crippen LogP contribution in [0.5, 0.6) is 0 Å². The summed E-state index contributed by atoms with van der Waals surface area (Å²) in [6.07, 6.45) is 15.7. The molecule has 23 heavy (non-hydrogen) atoms. The minimum atomic E-state index is -0.556. The summed E-state index contributed by atoms with van der Waals surface area (Å²) >= 11 is 0. The van der Waals surface area contributed by atoms with Crippen LogP contribution < -0.4 is 0 Å². The molecule has 1 heterocycles. The van der Waals surface area contributed by atoms with Crippen molar-refractivity contribution in [3.8, 4) is 0 Å². The molecule has 1 rings (SSSR count). The molecular formula is C20H38O3. The van der Waals surface area contributed by atoms with Crippen LogP contribution >= 0.6 is 0 Å². The zero-order valence-electron chi connectivity index (χ0n) is 15.6. The van der Waals surface area contributed by atoms with E-state index in [4.69, 9.17) is 14.2 Å². The van der Waals surface area contributed by atoms with E-state index in [1.807, 2.05) is 0 Å². The van der Waals surface area contributed by atoms with Gasteiger partial charge in [-0.3, -0.25) is 0 Å². The Kier molecular flexibility index (Phi) is 11.7. The molecule has 1 atom stereocenters. The van der Waals surface area contributed by atoms with Gasteiger partial charge in [0.1, 0.15) is 6.10 Å². The second kappa shape index (κ2) is 13.0. The summed E-state index contributed by atoms with van der Waals surface area (Å²) < 4.78 is 18.7. The van der Waals surface area contributed by atoms with Crippen LogP contribution in [0.15, 0.2) is 12.2 Å². The van der Waals surface area contributed by atoms with Crippen molar-refractivity contribution in [2.75, 3.05) is 19.8 Å². The lowest BCUT2D eigenvalue weighted by Crippen LogP contribution is -2.49. The molecule has 0 aromatic carbocycles. The lowest BCUT2D eigenvalue weighted by atomic mass is 9.97. The van der Waals surface area contributed by atoms with Gasteiger partial charge in [0.25, 0.3) is 0 Å². The zero-order valence-corrected chi connectivity index (χ0v) is 15.6. The van der Waals surface area contributed by atoms with E-state index in [1.165, 1.54) is 25.7 Å². The molecular weight excluding hydrogens is 288 g/mol. The number of rotatable bonds is 13. The van der Waals surface area contributed by atoms with Gasteiger partial charge in [-0.2, -0.15) is 0 Å². The van der Waals surface area contributed by atoms with Crippen molar-refractivity contribution in [1.29, 1.82) is 0 Å². The van der Waals surface area contributed by atoms with Crippen LogP contribution in [-0.4, -0.2) is 31.7 Å². The Morgan fingerprint density at radius 2 is 1.52 bits per heavy atom. The molecule has 0 aromatic rings. The Morgan fingerprint density at radius 3 is 2.13 bits per heavy atom. The van der Waals surface area contributed by atoms with E-state index in [0.717, 1.165) is 45.1 Å². The molecule has 0 aliphatic carbocycles. The van der Waals surface area contributed by atoms with Crippen molar-refractivity contribution in [1.82, 2.24) is 0 Å². The lowest BCUT2D eigenvalue weighted by molar-refractivity contribution is -0.286. The molecule has 3 nitrogen and oxygen atoms in total. The Morgan fingerprint density at radius 1 is 0.870 bits per heavy atom. The van der Waals surface area contributed by atoms with Gasteiger partial charge in [0.05, 0.1) is 13.2 Å². The van der Waals surface area contributed by atoms with Gasteiger partial charge in [0.2, 0.25) is 0 Å². The maximum Gasteiger partial charge on any atom is 0.195 e. The first-order valence-electron chi connectivity index (χ1n) is 9.83. The summed E-state index contributed by atoms with van der Waals surface area (Å²) in [6, 6.07) is 0. The molecule has 136 valence electrons. The van der Waals surface area contributed by atoms with Gasteiger partial charge >= 0.3 is 0 Å². The fourth-order valence-corrected chi connectivity index (χ4v) is 3.03. The summed E-state index contributed by atoms with van der Waals surface area (Å²) in [5, 5.41) is 0. The van der Waals surface area contributed by atoms with Crippen molar-refractivity contribution < 1.29 is 14.2 Å². The van der Waals surface area contributed by atoms with Crippen LogP contribution in [-0.2, 0) is 14.2 Å². The van der Waals surface area contributed by atoms with Gasteiger partial charge in [0, 0.05) is 13.0 Å². The third-order valence-electron chi connectivity index (χ3n) is 4.52. The molecule has 0 saturated heterocycles. The van der Waals surface area contributed by atoms with Gasteiger partial charge < -0.3 is 14.2 Å². The highest BCUT2D eigenvalue weighted by atomic mass is 16.7. The maximum atomic E-state index is 6.28. The highest BCUT2D eigenvalue weighted by Crippen LogP contribution is 2.32. The molecule has 0 radical (unpaired) electrons. The van der Waals surface area contributed by atoms with Crippen LogP contribution in [0.3, 0.4) is 0 Å². The third-order valence-corrected chi connectivity index (χ3v) is 4.52. The maximum absolute atomic E-state index is 6.28. The lowest BCUT2D eigenvalue weighted by Gasteiger charge is -2.39. The van der Waals surface area contributed by atoms with Crippen LogP contribution in [0.25, 0.3) is 0 Å². The molecule has 0 saturated carbocycles. The Balaban J connectivity index is 2.71. The second-order valence-electron chi connectivity index (χ2n) is 6.57. The molecule has 0 amide bonds. The van der Waals surface area contributed by atoms with Crippen molar-refractivity contribution in [3.05, 3.63) is 12.2 Å².